The van der Waals surface area contributed by atoms with Gasteiger partial charge in [-0.25, -0.2) is 8.78 Å². The number of methoxy groups -OCH3 is 2. The number of hydrogen-bond acceptors (Lipinski definition) is 5. The van der Waals surface area contributed by atoms with Crippen LogP contribution in [0.25, 0.3) is 0 Å². The number of ether oxygens (including phenoxy) is 4. The normalized spacial score (nSPS) is 12.3. The summed E-state index contributed by atoms with van der Waals surface area (Å²) in [6.07, 6.45) is 0. The Labute approximate surface area is 233 Å². The molecule has 4 aromatic rings. The fraction of sp³-hybridized carbons (Fsp3) is 0.242. The third-order valence-electron chi connectivity index (χ3n) is 6.62. The second-order valence-corrected chi connectivity index (χ2v) is 9.06. The zero-order valence-electron chi connectivity index (χ0n) is 22.9. The lowest BCUT2D eigenvalue weighted by Crippen LogP contribution is -2.23. The SMILES string of the molecule is CCOc1cc(C(C(=O)C(c2ccc(F)cc2)c2ccc(OC)c(OCC)c2)c2ccc(F)cc2)ccc1OC. The third kappa shape index (κ3) is 6.25. The largest absolute Gasteiger partial charge is 0.493 e. The van der Waals surface area contributed by atoms with Crippen molar-refractivity contribution in [2.45, 2.75) is 25.7 Å². The van der Waals surface area contributed by atoms with Crippen molar-refractivity contribution in [3.63, 3.8) is 0 Å². The molecule has 2 unspecified atom stereocenters. The molecule has 5 nitrogen and oxygen atoms in total. The van der Waals surface area contributed by atoms with Gasteiger partial charge in [0, 0.05) is 0 Å². The smallest absolute Gasteiger partial charge is 0.161 e. The van der Waals surface area contributed by atoms with Crippen molar-refractivity contribution in [1.82, 2.24) is 0 Å². The Kier molecular flexibility index (Phi) is 9.38. The van der Waals surface area contributed by atoms with Crippen LogP contribution in [-0.4, -0.2) is 33.2 Å². The van der Waals surface area contributed by atoms with E-state index in [1.165, 1.54) is 24.3 Å². The van der Waals surface area contributed by atoms with Crippen molar-refractivity contribution in [3.05, 3.63) is 119 Å². The maximum atomic E-state index is 14.7. The van der Waals surface area contributed by atoms with E-state index in [2.05, 4.69) is 0 Å². The van der Waals surface area contributed by atoms with Crippen molar-refractivity contribution in [3.8, 4) is 23.0 Å². The fourth-order valence-electron chi connectivity index (χ4n) is 4.80. The van der Waals surface area contributed by atoms with Crippen molar-refractivity contribution in [2.75, 3.05) is 27.4 Å². The van der Waals surface area contributed by atoms with Gasteiger partial charge in [0.05, 0.1) is 39.3 Å². The zero-order chi connectivity index (χ0) is 28.6. The summed E-state index contributed by atoms with van der Waals surface area (Å²) < 4.78 is 50.4. The van der Waals surface area contributed by atoms with Crippen LogP contribution in [0, 0.1) is 11.6 Å². The minimum Gasteiger partial charge on any atom is -0.493 e. The number of halogens is 2. The van der Waals surface area contributed by atoms with Gasteiger partial charge in [0.1, 0.15) is 11.6 Å². The summed E-state index contributed by atoms with van der Waals surface area (Å²) in [7, 11) is 3.09. The molecule has 0 fully saturated rings. The van der Waals surface area contributed by atoms with Gasteiger partial charge in [-0.15, -0.1) is 0 Å². The molecule has 2 atom stereocenters. The summed E-state index contributed by atoms with van der Waals surface area (Å²) in [5, 5.41) is 0. The number of hydrogen-bond donors (Lipinski definition) is 0. The summed E-state index contributed by atoms with van der Waals surface area (Å²) in [5.74, 6) is -0.592. The third-order valence-corrected chi connectivity index (χ3v) is 6.62. The first-order chi connectivity index (χ1) is 19.4. The Hall–Kier alpha value is -4.39. The number of carbonyl (C=O) groups excluding carboxylic acids is 1. The number of Topliss-reactive ketones (excluding diaryl/α,β-unsaturated/α-hetero) is 1. The zero-order valence-corrected chi connectivity index (χ0v) is 22.9. The van der Waals surface area contributed by atoms with Crippen LogP contribution in [0.5, 0.6) is 23.0 Å². The van der Waals surface area contributed by atoms with Crippen LogP contribution in [0.15, 0.2) is 84.9 Å². The molecular weight excluding hydrogens is 514 g/mol. The van der Waals surface area contributed by atoms with E-state index in [0.717, 1.165) is 0 Å². The van der Waals surface area contributed by atoms with Gasteiger partial charge < -0.3 is 18.9 Å². The van der Waals surface area contributed by atoms with Gasteiger partial charge >= 0.3 is 0 Å². The first-order valence-electron chi connectivity index (χ1n) is 13.1. The van der Waals surface area contributed by atoms with E-state index in [0.29, 0.717) is 58.5 Å². The van der Waals surface area contributed by atoms with E-state index in [9.17, 15) is 13.6 Å². The molecule has 0 N–H and O–H groups in total. The van der Waals surface area contributed by atoms with Crippen molar-refractivity contribution in [1.29, 1.82) is 0 Å². The molecule has 0 aliphatic carbocycles. The highest BCUT2D eigenvalue weighted by atomic mass is 19.1. The van der Waals surface area contributed by atoms with E-state index >= 15 is 0 Å². The van der Waals surface area contributed by atoms with Gasteiger partial charge in [-0.05, 0) is 84.6 Å². The molecular formula is C33H32F2O5. The quantitative estimate of drug-likeness (QED) is 0.186. The molecule has 7 heteroatoms. The van der Waals surface area contributed by atoms with Gasteiger partial charge in [0.2, 0.25) is 0 Å². The van der Waals surface area contributed by atoms with E-state index in [1.807, 2.05) is 13.8 Å². The van der Waals surface area contributed by atoms with Crippen LogP contribution in [0.4, 0.5) is 8.78 Å². The number of benzene rings is 4. The van der Waals surface area contributed by atoms with Crippen LogP contribution in [-0.2, 0) is 4.79 Å². The minimum atomic E-state index is -0.807. The molecule has 0 saturated carbocycles. The number of carbonyl (C=O) groups is 1. The van der Waals surface area contributed by atoms with Gasteiger partial charge in [0.25, 0.3) is 0 Å². The maximum Gasteiger partial charge on any atom is 0.161 e. The van der Waals surface area contributed by atoms with Crippen molar-refractivity contribution < 1.29 is 32.5 Å². The summed E-state index contributed by atoms with van der Waals surface area (Å²) in [4.78, 5) is 14.7. The van der Waals surface area contributed by atoms with Crippen LogP contribution >= 0.6 is 0 Å². The maximum absolute atomic E-state index is 14.7. The molecule has 0 heterocycles. The van der Waals surface area contributed by atoms with Crippen molar-refractivity contribution >= 4 is 5.78 Å². The Bertz CT molecular complexity index is 1330. The Morgan fingerprint density at radius 2 is 0.925 bits per heavy atom. The summed E-state index contributed by atoms with van der Waals surface area (Å²) in [6.45, 7) is 4.52. The standard InChI is InChI=1S/C33H32F2O5/c1-5-39-29-19-23(11-17-27(29)37-3)31(21-7-13-25(34)14-8-21)33(36)32(22-9-15-26(35)16-10-22)24-12-18-28(38-4)30(20-24)40-6-2/h7-20,31-32H,5-6H2,1-4H3. The summed E-state index contributed by atoms with van der Waals surface area (Å²) >= 11 is 0. The number of ketones is 1. The second kappa shape index (κ2) is 13.1. The molecule has 4 aromatic carbocycles. The first kappa shape index (κ1) is 28.6. The van der Waals surface area contributed by atoms with E-state index < -0.39 is 23.5 Å². The molecule has 4 rings (SSSR count). The molecule has 0 radical (unpaired) electrons. The highest BCUT2D eigenvalue weighted by Crippen LogP contribution is 2.41. The Balaban J connectivity index is 1.92. The topological polar surface area (TPSA) is 54.0 Å². The molecule has 208 valence electrons. The lowest BCUT2D eigenvalue weighted by Gasteiger charge is -2.26. The molecule has 0 bridgehead atoms. The summed E-state index contributed by atoms with van der Waals surface area (Å²) in [6, 6.07) is 22.4. The molecule has 0 aliphatic rings. The molecule has 0 amide bonds. The van der Waals surface area contributed by atoms with Gasteiger partial charge in [0.15, 0.2) is 28.8 Å². The predicted molar refractivity (Wildman–Crippen MR) is 150 cm³/mol. The summed E-state index contributed by atoms with van der Waals surface area (Å²) in [5.41, 5.74) is 2.49. The van der Waals surface area contributed by atoms with Crippen LogP contribution < -0.4 is 18.9 Å². The van der Waals surface area contributed by atoms with Gasteiger partial charge in [-0.3, -0.25) is 4.79 Å². The van der Waals surface area contributed by atoms with Gasteiger partial charge in [-0.2, -0.15) is 0 Å². The molecule has 0 spiro atoms. The van der Waals surface area contributed by atoms with E-state index in [-0.39, 0.29) is 5.78 Å². The Morgan fingerprint density at radius 3 is 1.25 bits per heavy atom. The molecule has 0 saturated heterocycles. The molecule has 0 aliphatic heterocycles. The average molecular weight is 547 g/mol. The second-order valence-electron chi connectivity index (χ2n) is 9.06. The highest BCUT2D eigenvalue weighted by molar-refractivity contribution is 5.97. The van der Waals surface area contributed by atoms with Crippen molar-refractivity contribution in [2.24, 2.45) is 0 Å². The van der Waals surface area contributed by atoms with Crippen LogP contribution in [0.2, 0.25) is 0 Å². The average Bonchev–Trinajstić information content (AvgIpc) is 2.96. The lowest BCUT2D eigenvalue weighted by atomic mass is 9.77. The van der Waals surface area contributed by atoms with Gasteiger partial charge in [-0.1, -0.05) is 36.4 Å². The van der Waals surface area contributed by atoms with E-state index in [4.69, 9.17) is 18.9 Å². The minimum absolute atomic E-state index is 0.196. The van der Waals surface area contributed by atoms with E-state index in [1.54, 1.807) is 74.9 Å². The van der Waals surface area contributed by atoms with Crippen LogP contribution in [0.3, 0.4) is 0 Å². The van der Waals surface area contributed by atoms with Crippen LogP contribution in [0.1, 0.15) is 47.9 Å². The molecule has 40 heavy (non-hydrogen) atoms. The lowest BCUT2D eigenvalue weighted by molar-refractivity contribution is -0.120. The first-order valence-corrected chi connectivity index (χ1v) is 13.1. The fourth-order valence-corrected chi connectivity index (χ4v) is 4.80. The Morgan fingerprint density at radius 1 is 0.575 bits per heavy atom. The highest BCUT2D eigenvalue weighted by Gasteiger charge is 2.33. The number of rotatable bonds is 12. The monoisotopic (exact) mass is 546 g/mol. The molecule has 0 aromatic heterocycles. The predicted octanol–water partition coefficient (Wildman–Crippen LogP) is 7.31.